The van der Waals surface area contributed by atoms with Crippen molar-refractivity contribution in [2.75, 3.05) is 25.1 Å². The Morgan fingerprint density at radius 1 is 1.12 bits per heavy atom. The minimum absolute atomic E-state index is 0.0568. The summed E-state index contributed by atoms with van der Waals surface area (Å²) >= 11 is 0. The van der Waals surface area contributed by atoms with Crippen LogP contribution >= 0.6 is 0 Å². The van der Waals surface area contributed by atoms with Crippen molar-refractivity contribution in [3.63, 3.8) is 0 Å². The molecular weight excluding hydrogens is 404 g/mol. The zero-order valence-electron chi connectivity index (χ0n) is 18.5. The second-order valence-corrected chi connectivity index (χ2v) is 8.48. The maximum absolute atomic E-state index is 10.7. The number of piperidine rings is 1. The van der Waals surface area contributed by atoms with E-state index in [-0.39, 0.29) is 5.75 Å². The molecule has 32 heavy (non-hydrogen) atoms. The van der Waals surface area contributed by atoms with Gasteiger partial charge in [-0.25, -0.2) is 4.98 Å². The van der Waals surface area contributed by atoms with Crippen LogP contribution < -0.4 is 9.64 Å². The van der Waals surface area contributed by atoms with E-state index in [9.17, 15) is 5.11 Å². The molecular formula is C24H26N6O2. The molecule has 0 bridgehead atoms. The molecule has 0 radical (unpaired) electrons. The number of fused-ring (bicyclic) bond motifs is 1. The first-order valence-electron chi connectivity index (χ1n) is 10.8. The SMILES string of the molecule is COc1cc(-c2cnc(-c3ccc(N4CCCC(C)C4)nn3)c(O)c2)cc2cn(C)nc12. The predicted octanol–water partition coefficient (Wildman–Crippen LogP) is 4.04. The summed E-state index contributed by atoms with van der Waals surface area (Å²) in [4.78, 5) is 6.76. The van der Waals surface area contributed by atoms with E-state index in [1.807, 2.05) is 37.5 Å². The molecule has 3 aromatic heterocycles. The third-order valence-electron chi connectivity index (χ3n) is 5.98. The minimum atomic E-state index is 0.0568. The minimum Gasteiger partial charge on any atom is -0.506 e. The largest absolute Gasteiger partial charge is 0.506 e. The van der Waals surface area contributed by atoms with Gasteiger partial charge in [-0.3, -0.25) is 4.68 Å². The van der Waals surface area contributed by atoms with Gasteiger partial charge in [-0.2, -0.15) is 5.10 Å². The number of aryl methyl sites for hydroxylation is 1. The van der Waals surface area contributed by atoms with Crippen molar-refractivity contribution in [3.05, 3.63) is 42.7 Å². The van der Waals surface area contributed by atoms with E-state index in [0.717, 1.165) is 40.9 Å². The van der Waals surface area contributed by atoms with E-state index in [1.165, 1.54) is 12.8 Å². The maximum Gasteiger partial charge on any atom is 0.151 e. The van der Waals surface area contributed by atoms with Crippen molar-refractivity contribution in [1.29, 1.82) is 0 Å². The molecule has 8 nitrogen and oxygen atoms in total. The lowest BCUT2D eigenvalue weighted by atomic mass is 10.0. The molecule has 0 aliphatic carbocycles. The smallest absolute Gasteiger partial charge is 0.151 e. The first kappa shape index (κ1) is 20.2. The summed E-state index contributed by atoms with van der Waals surface area (Å²) in [7, 11) is 3.50. The van der Waals surface area contributed by atoms with Crippen molar-refractivity contribution >= 4 is 16.7 Å². The van der Waals surface area contributed by atoms with Crippen LogP contribution in [-0.4, -0.2) is 50.3 Å². The van der Waals surface area contributed by atoms with E-state index < -0.39 is 0 Å². The Hall–Kier alpha value is -3.68. The van der Waals surface area contributed by atoms with Gasteiger partial charge in [0.2, 0.25) is 0 Å². The Morgan fingerprint density at radius 3 is 2.72 bits per heavy atom. The summed E-state index contributed by atoms with van der Waals surface area (Å²) < 4.78 is 7.27. The number of anilines is 1. The van der Waals surface area contributed by atoms with Crippen molar-refractivity contribution in [2.45, 2.75) is 19.8 Å². The third kappa shape index (κ3) is 3.72. The summed E-state index contributed by atoms with van der Waals surface area (Å²) in [6.45, 7) is 4.26. The molecule has 164 valence electrons. The van der Waals surface area contributed by atoms with Gasteiger partial charge in [0.25, 0.3) is 0 Å². The number of aromatic hydroxyl groups is 1. The van der Waals surface area contributed by atoms with Crippen LogP contribution in [0.25, 0.3) is 33.4 Å². The normalized spacial score (nSPS) is 16.5. The number of methoxy groups -OCH3 is 1. The fourth-order valence-corrected chi connectivity index (χ4v) is 4.37. The molecule has 1 atom stereocenters. The van der Waals surface area contributed by atoms with Crippen LogP contribution in [0.2, 0.25) is 0 Å². The molecule has 0 amide bonds. The van der Waals surface area contributed by atoms with E-state index in [1.54, 1.807) is 24.1 Å². The highest BCUT2D eigenvalue weighted by Crippen LogP contribution is 2.35. The highest BCUT2D eigenvalue weighted by Gasteiger charge is 2.19. The number of nitrogens with zero attached hydrogens (tertiary/aromatic N) is 6. The summed E-state index contributed by atoms with van der Waals surface area (Å²) in [5.41, 5.74) is 3.42. The molecule has 1 saturated heterocycles. The van der Waals surface area contributed by atoms with Crippen LogP contribution in [0.3, 0.4) is 0 Å². The average molecular weight is 431 g/mol. The predicted molar refractivity (Wildman–Crippen MR) is 124 cm³/mol. The molecule has 4 heterocycles. The lowest BCUT2D eigenvalue weighted by Gasteiger charge is -2.31. The number of ether oxygens (including phenoxy) is 1. The molecule has 1 aliphatic heterocycles. The monoisotopic (exact) mass is 430 g/mol. The highest BCUT2D eigenvalue weighted by atomic mass is 16.5. The van der Waals surface area contributed by atoms with Gasteiger partial charge in [-0.15, -0.1) is 10.2 Å². The molecule has 8 heteroatoms. The van der Waals surface area contributed by atoms with Gasteiger partial charge in [-0.1, -0.05) is 6.92 Å². The summed E-state index contributed by atoms with van der Waals surface area (Å²) in [6.07, 6.45) is 6.09. The number of aromatic nitrogens is 5. The Morgan fingerprint density at radius 2 is 2.00 bits per heavy atom. The zero-order chi connectivity index (χ0) is 22.2. The van der Waals surface area contributed by atoms with Crippen molar-refractivity contribution in [3.8, 4) is 34.0 Å². The van der Waals surface area contributed by atoms with Crippen molar-refractivity contribution in [2.24, 2.45) is 13.0 Å². The summed E-state index contributed by atoms with van der Waals surface area (Å²) in [5, 5.41) is 24.8. The number of hydrogen-bond acceptors (Lipinski definition) is 7. The molecule has 1 aromatic carbocycles. The molecule has 1 unspecified atom stereocenters. The summed E-state index contributed by atoms with van der Waals surface area (Å²) in [5.74, 6) is 2.26. The lowest BCUT2D eigenvalue weighted by Crippen LogP contribution is -2.34. The van der Waals surface area contributed by atoms with Gasteiger partial charge >= 0.3 is 0 Å². The van der Waals surface area contributed by atoms with E-state index in [2.05, 4.69) is 32.1 Å². The third-order valence-corrected chi connectivity index (χ3v) is 5.98. The van der Waals surface area contributed by atoms with Crippen molar-refractivity contribution < 1.29 is 9.84 Å². The van der Waals surface area contributed by atoms with Gasteiger partial charge in [0.05, 0.1) is 7.11 Å². The Kier molecular flexibility index (Phi) is 5.13. The van der Waals surface area contributed by atoms with Gasteiger partial charge < -0.3 is 14.7 Å². The van der Waals surface area contributed by atoms with Crippen LogP contribution in [0.4, 0.5) is 5.82 Å². The van der Waals surface area contributed by atoms with Gasteiger partial charge in [-0.05, 0) is 54.7 Å². The molecule has 4 aromatic rings. The molecule has 5 rings (SSSR count). The van der Waals surface area contributed by atoms with Crippen molar-refractivity contribution in [1.82, 2.24) is 25.0 Å². The molecule has 1 fully saturated rings. The van der Waals surface area contributed by atoms with Crippen LogP contribution in [-0.2, 0) is 7.05 Å². The average Bonchev–Trinajstić information content (AvgIpc) is 3.18. The molecule has 1 aliphatic rings. The second-order valence-electron chi connectivity index (χ2n) is 8.48. The Labute approximate surface area is 186 Å². The number of hydrogen-bond donors (Lipinski definition) is 1. The topological polar surface area (TPSA) is 89.2 Å². The van der Waals surface area contributed by atoms with E-state index >= 15 is 0 Å². The lowest BCUT2D eigenvalue weighted by molar-refractivity contribution is 0.418. The quantitative estimate of drug-likeness (QED) is 0.523. The Bertz CT molecular complexity index is 1270. The highest BCUT2D eigenvalue weighted by molar-refractivity contribution is 5.90. The number of rotatable bonds is 4. The van der Waals surface area contributed by atoms with Crippen LogP contribution in [0.1, 0.15) is 19.8 Å². The van der Waals surface area contributed by atoms with Crippen LogP contribution in [0.15, 0.2) is 42.7 Å². The first-order chi connectivity index (χ1) is 15.5. The van der Waals surface area contributed by atoms with E-state index in [4.69, 9.17) is 4.74 Å². The molecule has 0 spiro atoms. The zero-order valence-corrected chi connectivity index (χ0v) is 18.5. The number of pyridine rings is 1. The second kappa shape index (κ2) is 8.11. The van der Waals surface area contributed by atoms with Crippen LogP contribution in [0.5, 0.6) is 11.5 Å². The fourth-order valence-electron chi connectivity index (χ4n) is 4.37. The fraction of sp³-hybridized carbons (Fsp3) is 0.333. The van der Waals surface area contributed by atoms with Gasteiger partial charge in [0.15, 0.2) is 5.82 Å². The Balaban J connectivity index is 1.44. The molecule has 1 N–H and O–H groups in total. The first-order valence-corrected chi connectivity index (χ1v) is 10.8. The van der Waals surface area contributed by atoms with Gasteiger partial charge in [0.1, 0.15) is 28.4 Å². The molecule has 0 saturated carbocycles. The van der Waals surface area contributed by atoms with E-state index in [0.29, 0.717) is 23.1 Å². The number of benzene rings is 1. The summed E-state index contributed by atoms with van der Waals surface area (Å²) in [6, 6.07) is 9.43. The van der Waals surface area contributed by atoms with Gasteiger partial charge in [0, 0.05) is 43.5 Å². The standard InChI is InChI=1S/C24H26N6O2/c1-15-5-4-8-30(13-15)22-7-6-19(26-27-22)24-20(31)10-17(12-25-24)16-9-18-14-29(2)28-23(18)21(11-16)32-3/h6-7,9-12,14-15,31H,4-5,8,13H2,1-3H3. The van der Waals surface area contributed by atoms with Crippen LogP contribution in [0, 0.1) is 5.92 Å². The maximum atomic E-state index is 10.7.